The highest BCUT2D eigenvalue weighted by molar-refractivity contribution is 6.16. The van der Waals surface area contributed by atoms with E-state index in [0.29, 0.717) is 17.2 Å². The van der Waals surface area contributed by atoms with Crippen molar-refractivity contribution in [2.75, 3.05) is 21.3 Å². The summed E-state index contributed by atoms with van der Waals surface area (Å²) in [4.78, 5) is 0. The van der Waals surface area contributed by atoms with Crippen molar-refractivity contribution in [2.45, 2.75) is 52.6 Å². The first-order valence-electron chi connectivity index (χ1n) is 10.7. The van der Waals surface area contributed by atoms with Crippen LogP contribution in [0.3, 0.4) is 0 Å². The molecule has 6 heteroatoms. The van der Waals surface area contributed by atoms with E-state index in [4.69, 9.17) is 18.9 Å². The highest BCUT2D eigenvalue weighted by atomic mass is 16.5. The lowest BCUT2D eigenvalue weighted by Crippen LogP contribution is -2.15. The zero-order valence-corrected chi connectivity index (χ0v) is 19.5. The van der Waals surface area contributed by atoms with Crippen molar-refractivity contribution < 1.29 is 18.9 Å². The quantitative estimate of drug-likeness (QED) is 0.553. The Hall–Kier alpha value is -3.02. The molecule has 0 saturated carbocycles. The van der Waals surface area contributed by atoms with Gasteiger partial charge < -0.3 is 18.9 Å². The predicted octanol–water partition coefficient (Wildman–Crippen LogP) is 5.61. The van der Waals surface area contributed by atoms with Gasteiger partial charge in [-0.15, -0.1) is 5.10 Å². The van der Waals surface area contributed by atoms with E-state index < -0.39 is 0 Å². The van der Waals surface area contributed by atoms with E-state index >= 15 is 0 Å². The molecule has 0 aromatic heterocycles. The van der Waals surface area contributed by atoms with Crippen molar-refractivity contribution in [2.24, 2.45) is 10.2 Å². The number of ether oxygens (including phenoxy) is 4. The first kappa shape index (κ1) is 22.7. The molecule has 1 aliphatic rings. The molecule has 0 aliphatic carbocycles. The average molecular weight is 425 g/mol. The van der Waals surface area contributed by atoms with Crippen LogP contribution in [0.1, 0.15) is 63.1 Å². The van der Waals surface area contributed by atoms with E-state index in [1.54, 1.807) is 21.3 Å². The molecule has 0 amide bonds. The van der Waals surface area contributed by atoms with Gasteiger partial charge in [-0.3, -0.25) is 0 Å². The van der Waals surface area contributed by atoms with Crippen LogP contribution in [0, 0.1) is 0 Å². The number of methoxy groups -OCH3 is 3. The van der Waals surface area contributed by atoms with Crippen LogP contribution in [-0.4, -0.2) is 38.9 Å². The van der Waals surface area contributed by atoms with Crippen LogP contribution in [-0.2, 0) is 0 Å². The third kappa shape index (κ3) is 4.53. The van der Waals surface area contributed by atoms with E-state index in [2.05, 4.69) is 37.0 Å². The van der Waals surface area contributed by atoms with Crippen LogP contribution in [0.2, 0.25) is 0 Å². The lowest BCUT2D eigenvalue weighted by Gasteiger charge is -2.22. The Morgan fingerprint density at radius 3 is 2.16 bits per heavy atom. The van der Waals surface area contributed by atoms with Gasteiger partial charge >= 0.3 is 0 Å². The molecule has 1 heterocycles. The fraction of sp³-hybridized carbons (Fsp3) is 0.440. The van der Waals surface area contributed by atoms with Gasteiger partial charge in [-0.1, -0.05) is 13.8 Å². The second-order valence-electron chi connectivity index (χ2n) is 7.65. The van der Waals surface area contributed by atoms with Crippen molar-refractivity contribution in [3.05, 3.63) is 47.0 Å². The third-order valence-electron chi connectivity index (χ3n) is 5.75. The maximum Gasteiger partial charge on any atom is 0.161 e. The summed E-state index contributed by atoms with van der Waals surface area (Å²) in [5.74, 6) is 2.88. The van der Waals surface area contributed by atoms with Gasteiger partial charge in [0.15, 0.2) is 23.0 Å². The van der Waals surface area contributed by atoms with Crippen LogP contribution in [0.25, 0.3) is 0 Å². The standard InChI is InChI=1S/C25H32N2O4/c1-8-15(3)31-24-13-19-18(9-2)16(4)26-27-25(20(19)14-23(24)30-7)17-10-11-21(28-5)22(12-17)29-6/h10-15,18H,8-9H2,1-7H3. The Labute approximate surface area is 184 Å². The van der Waals surface area contributed by atoms with Crippen molar-refractivity contribution in [3.8, 4) is 23.0 Å². The van der Waals surface area contributed by atoms with E-state index in [0.717, 1.165) is 46.7 Å². The molecule has 2 unspecified atom stereocenters. The summed E-state index contributed by atoms with van der Waals surface area (Å²) >= 11 is 0. The summed E-state index contributed by atoms with van der Waals surface area (Å²) in [6.07, 6.45) is 1.91. The molecule has 2 aromatic carbocycles. The van der Waals surface area contributed by atoms with Crippen LogP contribution < -0.4 is 18.9 Å². The maximum absolute atomic E-state index is 6.19. The molecule has 3 rings (SSSR count). The highest BCUT2D eigenvalue weighted by Crippen LogP contribution is 2.39. The zero-order valence-electron chi connectivity index (χ0n) is 19.5. The molecule has 6 nitrogen and oxygen atoms in total. The number of fused-ring (bicyclic) bond motifs is 1. The molecule has 0 saturated heterocycles. The largest absolute Gasteiger partial charge is 0.493 e. The van der Waals surface area contributed by atoms with E-state index in [1.165, 1.54) is 0 Å². The summed E-state index contributed by atoms with van der Waals surface area (Å²) < 4.78 is 22.8. The lowest BCUT2D eigenvalue weighted by molar-refractivity contribution is 0.207. The Morgan fingerprint density at radius 2 is 1.55 bits per heavy atom. The van der Waals surface area contributed by atoms with Gasteiger partial charge in [0.2, 0.25) is 0 Å². The maximum atomic E-state index is 6.19. The zero-order chi connectivity index (χ0) is 22.5. The Morgan fingerprint density at radius 1 is 0.871 bits per heavy atom. The van der Waals surface area contributed by atoms with Crippen LogP contribution in [0.5, 0.6) is 23.0 Å². The number of hydrogen-bond donors (Lipinski definition) is 0. The van der Waals surface area contributed by atoms with Crippen LogP contribution in [0.4, 0.5) is 0 Å². The first-order valence-corrected chi connectivity index (χ1v) is 10.7. The predicted molar refractivity (Wildman–Crippen MR) is 125 cm³/mol. The fourth-order valence-electron chi connectivity index (χ4n) is 3.81. The molecular formula is C25H32N2O4. The molecule has 2 aromatic rings. The molecule has 2 atom stereocenters. The monoisotopic (exact) mass is 424 g/mol. The Bertz CT molecular complexity index is 997. The second-order valence-corrected chi connectivity index (χ2v) is 7.65. The number of benzene rings is 2. The van der Waals surface area contributed by atoms with Gasteiger partial charge in [0.05, 0.1) is 27.4 Å². The fourth-order valence-corrected chi connectivity index (χ4v) is 3.81. The van der Waals surface area contributed by atoms with Gasteiger partial charge in [0, 0.05) is 22.8 Å². The van der Waals surface area contributed by atoms with Crippen molar-refractivity contribution in [1.82, 2.24) is 0 Å². The average Bonchev–Trinajstić information content (AvgIpc) is 2.93. The highest BCUT2D eigenvalue weighted by Gasteiger charge is 2.27. The number of nitrogens with zero attached hydrogens (tertiary/aromatic N) is 2. The minimum absolute atomic E-state index is 0.0894. The molecule has 31 heavy (non-hydrogen) atoms. The third-order valence-corrected chi connectivity index (χ3v) is 5.75. The SMILES string of the molecule is CCC(C)Oc1cc2c(cc1OC)C(c1ccc(OC)c(OC)c1)=NN=C(C)C2CC. The normalized spacial score (nSPS) is 16.4. The molecule has 0 fully saturated rings. The lowest BCUT2D eigenvalue weighted by atomic mass is 9.85. The number of hydrogen-bond acceptors (Lipinski definition) is 6. The molecule has 1 aliphatic heterocycles. The van der Waals surface area contributed by atoms with E-state index in [-0.39, 0.29) is 12.0 Å². The Kier molecular flexibility index (Phi) is 7.21. The van der Waals surface area contributed by atoms with Crippen LogP contribution >= 0.6 is 0 Å². The van der Waals surface area contributed by atoms with Gasteiger partial charge in [-0.05, 0) is 62.6 Å². The van der Waals surface area contributed by atoms with Gasteiger partial charge in [-0.2, -0.15) is 5.10 Å². The summed E-state index contributed by atoms with van der Waals surface area (Å²) in [6.45, 7) is 8.35. The Balaban J connectivity index is 2.22. The van der Waals surface area contributed by atoms with E-state index in [9.17, 15) is 0 Å². The smallest absolute Gasteiger partial charge is 0.161 e. The molecule has 0 bridgehead atoms. The van der Waals surface area contributed by atoms with Crippen molar-refractivity contribution in [3.63, 3.8) is 0 Å². The van der Waals surface area contributed by atoms with Crippen molar-refractivity contribution >= 4 is 11.4 Å². The summed E-state index contributed by atoms with van der Waals surface area (Å²) in [7, 11) is 4.91. The molecule has 0 spiro atoms. The molecule has 0 radical (unpaired) electrons. The van der Waals surface area contributed by atoms with Gasteiger partial charge in [0.1, 0.15) is 5.71 Å². The second kappa shape index (κ2) is 9.86. The van der Waals surface area contributed by atoms with Crippen LogP contribution in [0.15, 0.2) is 40.5 Å². The topological polar surface area (TPSA) is 61.6 Å². The summed E-state index contributed by atoms with van der Waals surface area (Å²) in [5.41, 5.74) is 4.74. The van der Waals surface area contributed by atoms with Crippen molar-refractivity contribution in [1.29, 1.82) is 0 Å². The summed E-state index contributed by atoms with van der Waals surface area (Å²) in [5, 5.41) is 9.20. The van der Waals surface area contributed by atoms with Gasteiger partial charge in [-0.25, -0.2) is 0 Å². The summed E-state index contributed by atoms with van der Waals surface area (Å²) in [6, 6.07) is 9.88. The van der Waals surface area contributed by atoms with E-state index in [1.807, 2.05) is 31.2 Å². The molecule has 166 valence electrons. The minimum Gasteiger partial charge on any atom is -0.493 e. The molecule has 0 N–H and O–H groups in total. The minimum atomic E-state index is 0.0894. The number of rotatable bonds is 8. The first-order chi connectivity index (χ1) is 15.0. The molecular weight excluding hydrogens is 392 g/mol. The van der Waals surface area contributed by atoms with Gasteiger partial charge in [0.25, 0.3) is 0 Å².